The van der Waals surface area contributed by atoms with Crippen molar-refractivity contribution in [2.75, 3.05) is 19.5 Å². The van der Waals surface area contributed by atoms with Crippen LogP contribution in [0.3, 0.4) is 0 Å². The van der Waals surface area contributed by atoms with Crippen LogP contribution in [0.4, 0.5) is 4.79 Å². The van der Waals surface area contributed by atoms with Gasteiger partial charge in [0.2, 0.25) is 0 Å². The monoisotopic (exact) mass is 426 g/mol. The lowest BCUT2D eigenvalue weighted by Gasteiger charge is -2.26. The summed E-state index contributed by atoms with van der Waals surface area (Å²) in [5, 5.41) is 0. The van der Waals surface area contributed by atoms with E-state index >= 15 is 0 Å². The molecule has 3 rings (SSSR count). The largest absolute Gasteiger partial charge is 0.385 e. The summed E-state index contributed by atoms with van der Waals surface area (Å²) in [6.07, 6.45) is 2.03. The highest BCUT2D eigenvalue weighted by Crippen LogP contribution is 2.29. The molecule has 1 aliphatic heterocycles. The number of ether oxygens (including phenoxy) is 1. The van der Waals surface area contributed by atoms with Crippen LogP contribution in [0.15, 0.2) is 60.7 Å². The Labute approximate surface area is 184 Å². The molecule has 2 amide bonds. The molecule has 6 heteroatoms. The predicted molar refractivity (Wildman–Crippen MR) is 122 cm³/mol. The van der Waals surface area contributed by atoms with Crippen LogP contribution >= 0.6 is 12.6 Å². The van der Waals surface area contributed by atoms with Gasteiger partial charge >= 0.3 is 6.03 Å². The van der Waals surface area contributed by atoms with Crippen molar-refractivity contribution in [3.8, 4) is 0 Å². The van der Waals surface area contributed by atoms with Crippen molar-refractivity contribution in [3.63, 3.8) is 0 Å². The van der Waals surface area contributed by atoms with Crippen LogP contribution in [-0.4, -0.2) is 53.2 Å². The first kappa shape index (κ1) is 22.4. The van der Waals surface area contributed by atoms with Crippen molar-refractivity contribution in [2.45, 2.75) is 44.4 Å². The molecular weight excluding hydrogens is 396 g/mol. The molecule has 0 radical (unpaired) electrons. The molecule has 2 atom stereocenters. The second kappa shape index (κ2) is 11.2. The molecule has 1 aliphatic rings. The lowest BCUT2D eigenvalue weighted by atomic mass is 9.99. The van der Waals surface area contributed by atoms with Crippen LogP contribution in [0.2, 0.25) is 0 Å². The maximum atomic E-state index is 13.4. The normalized spacial score (nSPS) is 18.8. The summed E-state index contributed by atoms with van der Waals surface area (Å²) in [4.78, 5) is 30.2. The smallest absolute Gasteiger partial charge is 0.321 e. The van der Waals surface area contributed by atoms with E-state index in [2.05, 4.69) is 12.6 Å². The Balaban J connectivity index is 1.83. The summed E-state index contributed by atoms with van der Waals surface area (Å²) in [6.45, 7) is 1.54. The van der Waals surface area contributed by atoms with Crippen LogP contribution in [0.1, 0.15) is 30.4 Å². The van der Waals surface area contributed by atoms with Gasteiger partial charge in [-0.1, -0.05) is 60.7 Å². The summed E-state index contributed by atoms with van der Waals surface area (Å²) < 4.78 is 5.10. The summed E-state index contributed by atoms with van der Waals surface area (Å²) in [5.41, 5.74) is 2.06. The van der Waals surface area contributed by atoms with E-state index in [1.165, 1.54) is 0 Å². The quantitative estimate of drug-likeness (QED) is 0.433. The fourth-order valence-corrected chi connectivity index (χ4v) is 4.39. The predicted octanol–water partition coefficient (Wildman–Crippen LogP) is 4.18. The van der Waals surface area contributed by atoms with Crippen LogP contribution < -0.4 is 0 Å². The number of unbranched alkanes of at least 4 members (excludes halogenated alkanes) is 1. The molecule has 1 saturated heterocycles. The second-order valence-electron chi connectivity index (χ2n) is 7.62. The minimum absolute atomic E-state index is 0.100. The highest BCUT2D eigenvalue weighted by molar-refractivity contribution is 7.80. The number of nitrogens with zero attached hydrogens (tertiary/aromatic N) is 2. The van der Waals surface area contributed by atoms with Crippen molar-refractivity contribution >= 4 is 24.4 Å². The van der Waals surface area contributed by atoms with Gasteiger partial charge < -0.3 is 14.5 Å². The van der Waals surface area contributed by atoms with Crippen molar-refractivity contribution < 1.29 is 14.3 Å². The molecule has 30 heavy (non-hydrogen) atoms. The van der Waals surface area contributed by atoms with E-state index < -0.39 is 6.04 Å². The van der Waals surface area contributed by atoms with Gasteiger partial charge in [0.1, 0.15) is 6.04 Å². The summed E-state index contributed by atoms with van der Waals surface area (Å²) >= 11 is 4.53. The third-order valence-corrected chi connectivity index (χ3v) is 5.90. The first-order chi connectivity index (χ1) is 14.7. The third kappa shape index (κ3) is 5.43. The van der Waals surface area contributed by atoms with Gasteiger partial charge in [0.25, 0.3) is 0 Å². The zero-order chi connectivity index (χ0) is 21.3. The molecule has 5 nitrogen and oxygen atoms in total. The zero-order valence-electron chi connectivity index (χ0n) is 17.4. The SMILES string of the molecule is COCCCCC(=O)[C@H]1[C@H](CS)N(Cc2ccccc2)C(=O)N1Cc1ccccc1. The van der Waals surface area contributed by atoms with Gasteiger partial charge in [-0.2, -0.15) is 12.6 Å². The summed E-state index contributed by atoms with van der Waals surface area (Å²) in [5.74, 6) is 0.545. The minimum atomic E-state index is -0.485. The molecule has 0 spiro atoms. The van der Waals surface area contributed by atoms with E-state index in [1.807, 2.05) is 65.6 Å². The average molecular weight is 427 g/mol. The number of benzene rings is 2. The number of methoxy groups -OCH3 is 1. The molecule has 160 valence electrons. The van der Waals surface area contributed by atoms with E-state index in [9.17, 15) is 9.59 Å². The lowest BCUT2D eigenvalue weighted by molar-refractivity contribution is -0.123. The fraction of sp³-hybridized carbons (Fsp3) is 0.417. The molecule has 0 aliphatic carbocycles. The Bertz CT molecular complexity index is 816. The molecular formula is C24H30N2O3S. The van der Waals surface area contributed by atoms with Crippen molar-refractivity contribution in [1.82, 2.24) is 9.80 Å². The first-order valence-electron chi connectivity index (χ1n) is 10.4. The third-order valence-electron chi connectivity index (χ3n) is 5.52. The molecule has 1 heterocycles. The van der Waals surface area contributed by atoms with E-state index in [0.29, 0.717) is 31.9 Å². The lowest BCUT2D eigenvalue weighted by Crippen LogP contribution is -2.44. The number of thiol groups is 1. The summed E-state index contributed by atoms with van der Waals surface area (Å²) in [6, 6.07) is 18.9. The maximum absolute atomic E-state index is 13.4. The van der Waals surface area contributed by atoms with Gasteiger partial charge in [-0.25, -0.2) is 4.79 Å². The maximum Gasteiger partial charge on any atom is 0.321 e. The average Bonchev–Trinajstić information content (AvgIpc) is 3.03. The number of rotatable bonds is 11. The molecule has 0 aromatic heterocycles. The number of hydrogen-bond donors (Lipinski definition) is 1. The zero-order valence-corrected chi connectivity index (χ0v) is 18.3. The fourth-order valence-electron chi connectivity index (χ4n) is 4.00. The highest BCUT2D eigenvalue weighted by atomic mass is 32.1. The molecule has 1 fully saturated rings. The Morgan fingerprint density at radius 1 is 0.933 bits per heavy atom. The van der Waals surface area contributed by atoms with Gasteiger partial charge in [0.05, 0.1) is 6.04 Å². The topological polar surface area (TPSA) is 49.9 Å². The van der Waals surface area contributed by atoms with Crippen molar-refractivity contribution in [1.29, 1.82) is 0 Å². The Kier molecular flexibility index (Phi) is 8.34. The highest BCUT2D eigenvalue weighted by Gasteiger charge is 2.47. The van der Waals surface area contributed by atoms with Gasteiger partial charge in [0, 0.05) is 39.0 Å². The van der Waals surface area contributed by atoms with Crippen molar-refractivity contribution in [2.24, 2.45) is 0 Å². The van der Waals surface area contributed by atoms with Crippen LogP contribution in [0.5, 0.6) is 0 Å². The molecule has 0 unspecified atom stereocenters. The Morgan fingerprint density at radius 3 is 2.03 bits per heavy atom. The summed E-state index contributed by atoms with van der Waals surface area (Å²) in [7, 11) is 1.66. The van der Waals surface area contributed by atoms with E-state index in [1.54, 1.807) is 12.0 Å². The van der Waals surface area contributed by atoms with Crippen molar-refractivity contribution in [3.05, 3.63) is 71.8 Å². The van der Waals surface area contributed by atoms with E-state index in [-0.39, 0.29) is 17.9 Å². The van der Waals surface area contributed by atoms with Gasteiger partial charge in [-0.3, -0.25) is 4.79 Å². The molecule has 0 saturated carbocycles. The van der Waals surface area contributed by atoms with Gasteiger partial charge in [-0.05, 0) is 24.0 Å². The molecule has 2 aromatic carbocycles. The van der Waals surface area contributed by atoms with Crippen LogP contribution in [-0.2, 0) is 22.6 Å². The number of urea groups is 1. The number of Topliss-reactive ketones (excluding diaryl/α,β-unsaturated/α-hetero) is 1. The van der Waals surface area contributed by atoms with Crippen LogP contribution in [0, 0.1) is 0 Å². The van der Waals surface area contributed by atoms with Gasteiger partial charge in [-0.15, -0.1) is 0 Å². The number of hydrogen-bond acceptors (Lipinski definition) is 4. The number of ketones is 1. The molecule has 0 N–H and O–H groups in total. The first-order valence-corrected chi connectivity index (χ1v) is 11.1. The number of amides is 2. The minimum Gasteiger partial charge on any atom is -0.385 e. The molecule has 2 aromatic rings. The number of carbonyl (C=O) groups excluding carboxylic acids is 2. The van der Waals surface area contributed by atoms with E-state index in [0.717, 1.165) is 24.0 Å². The second-order valence-corrected chi connectivity index (χ2v) is 7.99. The Hall–Kier alpha value is -2.31. The standard InChI is InChI=1S/C24H30N2O3S/c1-29-15-9-8-14-22(27)23-21(18-30)25(16-19-10-4-2-5-11-19)24(28)26(23)17-20-12-6-3-7-13-20/h2-7,10-13,21,23,30H,8-9,14-18H2,1H3/t21-,23+/m0/s1. The van der Waals surface area contributed by atoms with Gasteiger partial charge in [0.15, 0.2) is 5.78 Å². The number of carbonyl (C=O) groups is 2. The van der Waals surface area contributed by atoms with Crippen LogP contribution in [0.25, 0.3) is 0 Å². The van der Waals surface area contributed by atoms with E-state index in [4.69, 9.17) is 4.74 Å². The molecule has 0 bridgehead atoms. The Morgan fingerprint density at radius 2 is 1.50 bits per heavy atom.